The van der Waals surface area contributed by atoms with E-state index in [-0.39, 0.29) is 18.4 Å². The molecule has 1 radical (unpaired) electrons. The van der Waals surface area contributed by atoms with E-state index in [9.17, 15) is 18.0 Å². The third kappa shape index (κ3) is 4.30. The van der Waals surface area contributed by atoms with E-state index in [1.165, 1.54) is 24.3 Å². The first-order valence-corrected chi connectivity index (χ1v) is 4.87. The van der Waals surface area contributed by atoms with Crippen molar-refractivity contribution >= 4 is 12.0 Å². The average molecular weight is 243 g/mol. The van der Waals surface area contributed by atoms with Crippen LogP contribution in [-0.2, 0) is 11.0 Å². The van der Waals surface area contributed by atoms with Crippen LogP contribution in [0.3, 0.4) is 0 Å². The molecule has 0 heterocycles. The van der Waals surface area contributed by atoms with Crippen LogP contribution in [0.15, 0.2) is 24.3 Å². The van der Waals surface area contributed by atoms with Crippen LogP contribution >= 0.6 is 0 Å². The highest BCUT2D eigenvalue weighted by molar-refractivity contribution is 5.67. The SMILES string of the molecule is O=C(O)CCC=Cc1cc[c]cc1C(F)(F)F. The number of allylic oxidation sites excluding steroid dienone is 1. The van der Waals surface area contributed by atoms with Crippen LogP contribution < -0.4 is 0 Å². The van der Waals surface area contributed by atoms with Crippen LogP contribution in [0.1, 0.15) is 24.0 Å². The fourth-order valence-electron chi connectivity index (χ4n) is 1.25. The summed E-state index contributed by atoms with van der Waals surface area (Å²) in [5.41, 5.74) is -0.756. The Morgan fingerprint density at radius 2 is 2.18 bits per heavy atom. The quantitative estimate of drug-likeness (QED) is 0.880. The molecular formula is C12H10F3O2. The van der Waals surface area contributed by atoms with Crippen molar-refractivity contribution in [1.29, 1.82) is 0 Å². The Kier molecular flexibility index (Phi) is 4.31. The van der Waals surface area contributed by atoms with Gasteiger partial charge in [0.2, 0.25) is 0 Å². The van der Waals surface area contributed by atoms with E-state index in [4.69, 9.17) is 5.11 Å². The Labute approximate surface area is 96.4 Å². The lowest BCUT2D eigenvalue weighted by molar-refractivity contribution is -0.138. The molecular weight excluding hydrogens is 233 g/mol. The van der Waals surface area contributed by atoms with Crippen molar-refractivity contribution in [1.82, 2.24) is 0 Å². The summed E-state index contributed by atoms with van der Waals surface area (Å²) in [4.78, 5) is 10.2. The third-order valence-corrected chi connectivity index (χ3v) is 2.03. The maximum Gasteiger partial charge on any atom is 0.417 e. The molecule has 0 spiro atoms. The zero-order valence-corrected chi connectivity index (χ0v) is 8.79. The smallest absolute Gasteiger partial charge is 0.417 e. The van der Waals surface area contributed by atoms with Gasteiger partial charge in [-0.25, -0.2) is 0 Å². The number of hydrogen-bond donors (Lipinski definition) is 1. The minimum atomic E-state index is -4.43. The molecule has 1 rings (SSSR count). The number of carboxylic acid groups (broad SMARTS) is 1. The van der Waals surface area contributed by atoms with Crippen LogP contribution in [0.5, 0.6) is 0 Å². The molecule has 0 saturated carbocycles. The Morgan fingerprint density at radius 3 is 2.76 bits per heavy atom. The number of rotatable bonds is 4. The maximum absolute atomic E-state index is 12.5. The third-order valence-electron chi connectivity index (χ3n) is 2.03. The topological polar surface area (TPSA) is 37.3 Å². The standard InChI is InChI=1S/C12H10F3O2/c13-12(14,15)10-7-3-1-5-9(10)6-2-4-8-11(16)17/h1-2,5-7H,4,8H2,(H,16,17). The number of aliphatic carboxylic acids is 1. The van der Waals surface area contributed by atoms with Gasteiger partial charge in [0.15, 0.2) is 0 Å². The molecule has 0 fully saturated rings. The molecule has 17 heavy (non-hydrogen) atoms. The highest BCUT2D eigenvalue weighted by atomic mass is 19.4. The minimum absolute atomic E-state index is 0.0154. The second kappa shape index (κ2) is 5.52. The largest absolute Gasteiger partial charge is 0.481 e. The van der Waals surface area contributed by atoms with Gasteiger partial charge in [-0.2, -0.15) is 13.2 Å². The van der Waals surface area contributed by atoms with Crippen LogP contribution in [0.2, 0.25) is 0 Å². The van der Waals surface area contributed by atoms with Crippen molar-refractivity contribution in [2.45, 2.75) is 19.0 Å². The van der Waals surface area contributed by atoms with Crippen molar-refractivity contribution in [3.8, 4) is 0 Å². The first kappa shape index (κ1) is 13.3. The van der Waals surface area contributed by atoms with Gasteiger partial charge < -0.3 is 5.11 Å². The average Bonchev–Trinajstić information content (AvgIpc) is 2.23. The predicted octanol–water partition coefficient (Wildman–Crippen LogP) is 3.38. The number of benzene rings is 1. The van der Waals surface area contributed by atoms with Gasteiger partial charge in [-0.05, 0) is 24.1 Å². The molecule has 91 valence electrons. The monoisotopic (exact) mass is 243 g/mol. The molecule has 0 atom stereocenters. The molecule has 1 N–H and O–H groups in total. The molecule has 5 heteroatoms. The second-order valence-corrected chi connectivity index (χ2v) is 3.35. The van der Waals surface area contributed by atoms with Gasteiger partial charge in [0.25, 0.3) is 0 Å². The van der Waals surface area contributed by atoms with Gasteiger partial charge in [0.1, 0.15) is 0 Å². The molecule has 0 bridgehead atoms. The van der Waals surface area contributed by atoms with Gasteiger partial charge in [-0.3, -0.25) is 4.79 Å². The van der Waals surface area contributed by atoms with Gasteiger partial charge in [-0.15, -0.1) is 0 Å². The molecule has 0 amide bonds. The first-order valence-electron chi connectivity index (χ1n) is 4.87. The Hall–Kier alpha value is -1.78. The molecule has 0 aromatic heterocycles. The van der Waals surface area contributed by atoms with Crippen LogP contribution in [0.4, 0.5) is 13.2 Å². The van der Waals surface area contributed by atoms with Crippen molar-refractivity contribution in [3.63, 3.8) is 0 Å². The molecule has 0 unspecified atom stereocenters. The van der Waals surface area contributed by atoms with Gasteiger partial charge in [0, 0.05) is 6.42 Å². The van der Waals surface area contributed by atoms with E-state index in [1.54, 1.807) is 0 Å². The van der Waals surface area contributed by atoms with Crippen molar-refractivity contribution in [3.05, 3.63) is 41.5 Å². The van der Waals surface area contributed by atoms with E-state index in [0.29, 0.717) is 0 Å². The lowest BCUT2D eigenvalue weighted by atomic mass is 10.1. The molecule has 1 aromatic rings. The molecule has 2 nitrogen and oxygen atoms in total. The Bertz CT molecular complexity index is 422. The lowest BCUT2D eigenvalue weighted by Crippen LogP contribution is -2.06. The maximum atomic E-state index is 12.5. The van der Waals surface area contributed by atoms with Crippen molar-refractivity contribution in [2.75, 3.05) is 0 Å². The van der Waals surface area contributed by atoms with E-state index >= 15 is 0 Å². The van der Waals surface area contributed by atoms with Crippen LogP contribution in [0, 0.1) is 6.07 Å². The molecule has 0 aliphatic heterocycles. The van der Waals surface area contributed by atoms with Crippen molar-refractivity contribution in [2.24, 2.45) is 0 Å². The second-order valence-electron chi connectivity index (χ2n) is 3.35. The van der Waals surface area contributed by atoms with Gasteiger partial charge >= 0.3 is 12.1 Å². The highest BCUT2D eigenvalue weighted by Gasteiger charge is 2.32. The summed E-state index contributed by atoms with van der Waals surface area (Å²) in [5, 5.41) is 8.38. The van der Waals surface area contributed by atoms with E-state index in [1.807, 2.05) is 0 Å². The number of carboxylic acids is 1. The number of alkyl halides is 3. The summed E-state index contributed by atoms with van der Waals surface area (Å²) in [6.45, 7) is 0. The van der Waals surface area contributed by atoms with Crippen molar-refractivity contribution < 1.29 is 23.1 Å². The minimum Gasteiger partial charge on any atom is -0.481 e. The van der Waals surface area contributed by atoms with E-state index < -0.39 is 17.7 Å². The van der Waals surface area contributed by atoms with Gasteiger partial charge in [-0.1, -0.05) is 24.3 Å². The Balaban J connectivity index is 2.81. The lowest BCUT2D eigenvalue weighted by Gasteiger charge is -2.09. The van der Waals surface area contributed by atoms with Crippen LogP contribution in [0.25, 0.3) is 6.08 Å². The highest BCUT2D eigenvalue weighted by Crippen LogP contribution is 2.32. The van der Waals surface area contributed by atoms with E-state index in [0.717, 1.165) is 6.07 Å². The zero-order chi connectivity index (χ0) is 12.9. The predicted molar refractivity (Wildman–Crippen MR) is 56.2 cm³/mol. The summed E-state index contributed by atoms with van der Waals surface area (Å²) >= 11 is 0. The normalized spacial score (nSPS) is 11.9. The summed E-state index contributed by atoms with van der Waals surface area (Å²) in [7, 11) is 0. The molecule has 0 aliphatic rings. The molecule has 0 aliphatic carbocycles. The number of halogens is 3. The number of hydrogen-bond acceptors (Lipinski definition) is 1. The molecule has 1 aromatic carbocycles. The summed E-state index contributed by atoms with van der Waals surface area (Å²) in [6, 6.07) is 5.91. The fraction of sp³-hybridized carbons (Fsp3) is 0.250. The number of carbonyl (C=O) groups is 1. The zero-order valence-electron chi connectivity index (χ0n) is 8.79. The Morgan fingerprint density at radius 1 is 1.47 bits per heavy atom. The van der Waals surface area contributed by atoms with E-state index in [2.05, 4.69) is 6.07 Å². The summed E-state index contributed by atoms with van der Waals surface area (Å²) in [5.74, 6) is -0.980. The van der Waals surface area contributed by atoms with Crippen LogP contribution in [-0.4, -0.2) is 11.1 Å². The molecule has 0 saturated heterocycles. The summed E-state index contributed by atoms with van der Waals surface area (Å²) < 4.78 is 37.6. The summed E-state index contributed by atoms with van der Waals surface area (Å²) in [6.07, 6.45) is -1.63. The fourth-order valence-corrected chi connectivity index (χ4v) is 1.25. The van der Waals surface area contributed by atoms with Gasteiger partial charge in [0.05, 0.1) is 5.56 Å². The first-order chi connectivity index (χ1) is 7.91.